The highest BCUT2D eigenvalue weighted by molar-refractivity contribution is 7.99. The highest BCUT2D eigenvalue weighted by atomic mass is 35.5. The standard InChI is InChI=1S/C12H18ClN3S2/c1-9-10(5-4-7-14-9)11-12(16-18-15-11)17-8-3-2-6-13/h5,9,14H,2-4,6-8H2,1H3. The van der Waals surface area contributed by atoms with Gasteiger partial charge in [-0.05, 0) is 44.1 Å². The highest BCUT2D eigenvalue weighted by Gasteiger charge is 2.20. The normalized spacial score (nSPS) is 19.9. The van der Waals surface area contributed by atoms with Crippen molar-refractivity contribution in [2.24, 2.45) is 0 Å². The van der Waals surface area contributed by atoms with Gasteiger partial charge in [0.1, 0.15) is 10.7 Å². The number of thioether (sulfide) groups is 1. The third-order valence-electron chi connectivity index (χ3n) is 2.92. The van der Waals surface area contributed by atoms with Crippen LogP contribution in [0.15, 0.2) is 11.1 Å². The van der Waals surface area contributed by atoms with Crippen molar-refractivity contribution in [3.05, 3.63) is 11.8 Å². The van der Waals surface area contributed by atoms with Crippen LogP contribution in [0.4, 0.5) is 0 Å². The zero-order valence-electron chi connectivity index (χ0n) is 10.5. The number of rotatable bonds is 6. The molecule has 0 amide bonds. The molecule has 0 saturated carbocycles. The Bertz CT molecular complexity index is 406. The Kier molecular flexibility index (Phi) is 5.95. The fraction of sp³-hybridized carbons (Fsp3) is 0.667. The molecule has 0 bridgehead atoms. The van der Waals surface area contributed by atoms with Crippen molar-refractivity contribution >= 4 is 40.7 Å². The molecule has 0 aliphatic carbocycles. The third-order valence-corrected chi connectivity index (χ3v) is 4.89. The molecule has 0 spiro atoms. The Morgan fingerprint density at radius 2 is 2.39 bits per heavy atom. The van der Waals surface area contributed by atoms with E-state index in [4.69, 9.17) is 11.6 Å². The molecule has 6 heteroatoms. The molecule has 1 aromatic heterocycles. The van der Waals surface area contributed by atoms with Crippen LogP contribution in [0.3, 0.4) is 0 Å². The number of alkyl halides is 1. The molecular formula is C12H18ClN3S2. The molecule has 0 fully saturated rings. The van der Waals surface area contributed by atoms with E-state index < -0.39 is 0 Å². The average molecular weight is 304 g/mol. The predicted molar refractivity (Wildman–Crippen MR) is 80.6 cm³/mol. The molecule has 3 nitrogen and oxygen atoms in total. The summed E-state index contributed by atoms with van der Waals surface area (Å²) in [5.74, 6) is 1.81. The van der Waals surface area contributed by atoms with Crippen LogP contribution in [0.25, 0.3) is 5.57 Å². The Labute approximate surface area is 122 Å². The van der Waals surface area contributed by atoms with Crippen molar-refractivity contribution in [1.29, 1.82) is 0 Å². The van der Waals surface area contributed by atoms with Crippen LogP contribution in [-0.4, -0.2) is 33.0 Å². The summed E-state index contributed by atoms with van der Waals surface area (Å²) in [6.07, 6.45) is 5.58. The molecule has 2 heterocycles. The summed E-state index contributed by atoms with van der Waals surface area (Å²) in [6.45, 7) is 3.24. The lowest BCUT2D eigenvalue weighted by molar-refractivity contribution is 0.624. The minimum Gasteiger partial charge on any atom is -0.310 e. The van der Waals surface area contributed by atoms with Gasteiger partial charge in [0.05, 0.1) is 11.7 Å². The van der Waals surface area contributed by atoms with E-state index in [9.17, 15) is 0 Å². The number of hydrogen-bond acceptors (Lipinski definition) is 5. The molecule has 1 aromatic rings. The van der Waals surface area contributed by atoms with Crippen molar-refractivity contribution in [3.8, 4) is 0 Å². The molecule has 1 aliphatic rings. The SMILES string of the molecule is CC1NCCC=C1c1nsnc1SCCCCCl. The molecule has 0 aromatic carbocycles. The van der Waals surface area contributed by atoms with E-state index in [0.29, 0.717) is 6.04 Å². The van der Waals surface area contributed by atoms with Crippen molar-refractivity contribution in [2.75, 3.05) is 18.2 Å². The number of aromatic nitrogens is 2. The molecule has 100 valence electrons. The summed E-state index contributed by atoms with van der Waals surface area (Å²) in [4.78, 5) is 0. The van der Waals surface area contributed by atoms with E-state index in [1.54, 1.807) is 11.8 Å². The van der Waals surface area contributed by atoms with Crippen molar-refractivity contribution in [2.45, 2.75) is 37.3 Å². The Morgan fingerprint density at radius 1 is 1.50 bits per heavy atom. The Hall–Kier alpha value is -0.100. The molecule has 1 atom stereocenters. The molecular weight excluding hydrogens is 286 g/mol. The second kappa shape index (κ2) is 7.48. The molecule has 2 rings (SSSR count). The molecule has 1 unspecified atom stereocenters. The minimum absolute atomic E-state index is 0.379. The molecule has 1 N–H and O–H groups in total. The molecule has 18 heavy (non-hydrogen) atoms. The molecule has 0 radical (unpaired) electrons. The zero-order chi connectivity index (χ0) is 12.8. The van der Waals surface area contributed by atoms with Crippen LogP contribution in [0.5, 0.6) is 0 Å². The van der Waals surface area contributed by atoms with Crippen LogP contribution in [0, 0.1) is 0 Å². The first kappa shape index (κ1) is 14.3. The number of unbranched alkanes of at least 4 members (excludes halogenated alkanes) is 1. The van der Waals surface area contributed by atoms with Gasteiger partial charge in [-0.15, -0.1) is 23.4 Å². The van der Waals surface area contributed by atoms with Gasteiger partial charge >= 0.3 is 0 Å². The minimum atomic E-state index is 0.379. The van der Waals surface area contributed by atoms with Crippen molar-refractivity contribution in [1.82, 2.24) is 14.1 Å². The summed E-state index contributed by atoms with van der Waals surface area (Å²) >= 11 is 8.79. The number of halogens is 1. The fourth-order valence-corrected chi connectivity index (χ4v) is 3.81. The zero-order valence-corrected chi connectivity index (χ0v) is 12.9. The average Bonchev–Trinajstić information content (AvgIpc) is 2.83. The van der Waals surface area contributed by atoms with Crippen LogP contribution in [0.1, 0.15) is 31.9 Å². The van der Waals surface area contributed by atoms with Gasteiger partial charge in [-0.3, -0.25) is 0 Å². The van der Waals surface area contributed by atoms with Gasteiger partial charge < -0.3 is 5.32 Å². The quantitative estimate of drug-likeness (QED) is 0.496. The van der Waals surface area contributed by atoms with E-state index >= 15 is 0 Å². The lowest BCUT2D eigenvalue weighted by Gasteiger charge is -2.21. The summed E-state index contributed by atoms with van der Waals surface area (Å²) in [5.41, 5.74) is 2.38. The van der Waals surface area contributed by atoms with Gasteiger partial charge in [0.25, 0.3) is 0 Å². The second-order valence-electron chi connectivity index (χ2n) is 4.29. The first-order valence-corrected chi connectivity index (χ1v) is 8.53. The summed E-state index contributed by atoms with van der Waals surface area (Å²) in [5, 5.41) is 4.55. The first-order chi connectivity index (χ1) is 8.83. The van der Waals surface area contributed by atoms with Crippen LogP contribution in [-0.2, 0) is 0 Å². The Balaban J connectivity index is 2.00. The van der Waals surface area contributed by atoms with Gasteiger partial charge in [-0.25, -0.2) is 0 Å². The van der Waals surface area contributed by atoms with E-state index in [0.717, 1.165) is 48.2 Å². The second-order valence-corrected chi connectivity index (χ2v) is 6.28. The van der Waals surface area contributed by atoms with Crippen molar-refractivity contribution in [3.63, 3.8) is 0 Å². The van der Waals surface area contributed by atoms with Gasteiger partial charge in [0.2, 0.25) is 0 Å². The summed E-state index contributed by atoms with van der Waals surface area (Å²) in [7, 11) is 0. The lowest BCUT2D eigenvalue weighted by atomic mass is 10.0. The van der Waals surface area contributed by atoms with Crippen molar-refractivity contribution < 1.29 is 0 Å². The maximum atomic E-state index is 5.68. The molecule has 1 aliphatic heterocycles. The van der Waals surface area contributed by atoms with E-state index in [2.05, 4.69) is 27.1 Å². The molecule has 0 saturated heterocycles. The lowest BCUT2D eigenvalue weighted by Crippen LogP contribution is -2.31. The van der Waals surface area contributed by atoms with E-state index in [-0.39, 0.29) is 0 Å². The third kappa shape index (κ3) is 3.70. The number of nitrogens with one attached hydrogen (secondary N) is 1. The number of hydrogen-bond donors (Lipinski definition) is 1. The number of nitrogens with zero attached hydrogens (tertiary/aromatic N) is 2. The maximum absolute atomic E-state index is 5.68. The van der Waals surface area contributed by atoms with Crippen LogP contribution in [0.2, 0.25) is 0 Å². The van der Waals surface area contributed by atoms with Gasteiger partial charge in [-0.2, -0.15) is 8.75 Å². The van der Waals surface area contributed by atoms with Crippen LogP contribution >= 0.6 is 35.1 Å². The first-order valence-electron chi connectivity index (χ1n) is 6.28. The Morgan fingerprint density at radius 3 is 3.17 bits per heavy atom. The van der Waals surface area contributed by atoms with Gasteiger partial charge in [-0.1, -0.05) is 6.08 Å². The van der Waals surface area contributed by atoms with E-state index in [1.807, 2.05) is 0 Å². The summed E-state index contributed by atoms with van der Waals surface area (Å²) in [6, 6.07) is 0.379. The largest absolute Gasteiger partial charge is 0.310 e. The fourth-order valence-electron chi connectivity index (χ4n) is 1.93. The predicted octanol–water partition coefficient (Wildman–Crippen LogP) is 3.41. The van der Waals surface area contributed by atoms with E-state index in [1.165, 1.54) is 17.3 Å². The van der Waals surface area contributed by atoms with Crippen LogP contribution < -0.4 is 5.32 Å². The van der Waals surface area contributed by atoms with Gasteiger partial charge in [0.15, 0.2) is 0 Å². The summed E-state index contributed by atoms with van der Waals surface area (Å²) < 4.78 is 8.88. The smallest absolute Gasteiger partial charge is 0.138 e. The topological polar surface area (TPSA) is 37.8 Å². The monoisotopic (exact) mass is 303 g/mol. The highest BCUT2D eigenvalue weighted by Crippen LogP contribution is 2.30. The maximum Gasteiger partial charge on any atom is 0.138 e. The van der Waals surface area contributed by atoms with Gasteiger partial charge in [0, 0.05) is 11.9 Å².